The SMILES string of the molecule is COc1ccc(Cl)cc1NC(=O)C(C)Sc1nnc(N2CCCCC2)n1C1CC1. The van der Waals surface area contributed by atoms with Gasteiger partial charge in [0.25, 0.3) is 0 Å². The molecule has 2 aromatic rings. The number of hydrogen-bond acceptors (Lipinski definition) is 6. The summed E-state index contributed by atoms with van der Waals surface area (Å²) in [5.41, 5.74) is 0.565. The predicted octanol–water partition coefficient (Wildman–Crippen LogP) is 4.38. The number of rotatable bonds is 7. The van der Waals surface area contributed by atoms with Crippen LogP contribution in [0.5, 0.6) is 5.75 Å². The number of anilines is 2. The monoisotopic (exact) mass is 435 g/mol. The van der Waals surface area contributed by atoms with E-state index in [9.17, 15) is 4.79 Å². The number of piperidine rings is 1. The van der Waals surface area contributed by atoms with Crippen molar-refractivity contribution in [3.63, 3.8) is 0 Å². The van der Waals surface area contributed by atoms with E-state index in [2.05, 4.69) is 25.0 Å². The molecule has 1 aromatic carbocycles. The van der Waals surface area contributed by atoms with Gasteiger partial charge in [0.05, 0.1) is 18.0 Å². The standard InChI is InChI=1S/C20H26ClN5O2S/c1-13(18(27)22-16-12-14(21)6-9-17(16)28-2)29-20-24-23-19(26(20)15-7-8-15)25-10-4-3-5-11-25/h6,9,12-13,15H,3-5,7-8,10-11H2,1-2H3,(H,22,27). The number of nitrogens with one attached hydrogen (secondary N) is 1. The first-order chi connectivity index (χ1) is 14.1. The van der Waals surface area contributed by atoms with Gasteiger partial charge in [0.1, 0.15) is 5.75 Å². The number of carbonyl (C=O) groups is 1. The summed E-state index contributed by atoms with van der Waals surface area (Å²) in [5, 5.41) is 12.9. The Hall–Kier alpha value is -1.93. The van der Waals surface area contributed by atoms with E-state index in [-0.39, 0.29) is 11.2 Å². The molecular weight excluding hydrogens is 410 g/mol. The summed E-state index contributed by atoms with van der Waals surface area (Å²) < 4.78 is 7.55. The maximum Gasteiger partial charge on any atom is 0.237 e. The van der Waals surface area contributed by atoms with Gasteiger partial charge < -0.3 is 15.0 Å². The topological polar surface area (TPSA) is 72.3 Å². The van der Waals surface area contributed by atoms with Crippen LogP contribution in [0.4, 0.5) is 11.6 Å². The fourth-order valence-electron chi connectivity index (χ4n) is 3.54. The Morgan fingerprint density at radius 1 is 1.28 bits per heavy atom. The van der Waals surface area contributed by atoms with Gasteiger partial charge in [0.2, 0.25) is 11.9 Å². The minimum atomic E-state index is -0.338. The maximum absolute atomic E-state index is 12.8. The zero-order chi connectivity index (χ0) is 20.4. The first kappa shape index (κ1) is 20.3. The number of methoxy groups -OCH3 is 1. The Kier molecular flexibility index (Phi) is 6.20. The van der Waals surface area contributed by atoms with Crippen molar-refractivity contribution in [2.75, 3.05) is 30.4 Å². The Balaban J connectivity index is 1.48. The van der Waals surface area contributed by atoms with Crippen LogP contribution in [-0.4, -0.2) is 46.1 Å². The van der Waals surface area contributed by atoms with Crippen molar-refractivity contribution in [2.24, 2.45) is 0 Å². The van der Waals surface area contributed by atoms with Gasteiger partial charge in [0, 0.05) is 24.2 Å². The molecule has 0 radical (unpaired) electrons. The van der Waals surface area contributed by atoms with Gasteiger partial charge in [-0.3, -0.25) is 9.36 Å². The Bertz CT molecular complexity index is 880. The molecular formula is C20H26ClN5O2S. The van der Waals surface area contributed by atoms with E-state index < -0.39 is 0 Å². The number of halogens is 1. The highest BCUT2D eigenvalue weighted by molar-refractivity contribution is 8.00. The summed E-state index contributed by atoms with van der Waals surface area (Å²) in [6, 6.07) is 5.61. The van der Waals surface area contributed by atoms with Crippen LogP contribution in [0.25, 0.3) is 0 Å². The molecule has 1 aliphatic carbocycles. The lowest BCUT2D eigenvalue weighted by atomic mass is 10.1. The van der Waals surface area contributed by atoms with E-state index in [1.165, 1.54) is 31.0 Å². The van der Waals surface area contributed by atoms with Crippen molar-refractivity contribution < 1.29 is 9.53 Å². The van der Waals surface area contributed by atoms with Crippen molar-refractivity contribution in [3.8, 4) is 5.75 Å². The minimum absolute atomic E-state index is 0.125. The molecule has 1 aliphatic heterocycles. The third kappa shape index (κ3) is 4.64. The van der Waals surface area contributed by atoms with Crippen molar-refractivity contribution in [1.82, 2.24) is 14.8 Å². The van der Waals surface area contributed by atoms with E-state index in [4.69, 9.17) is 16.3 Å². The molecule has 7 nitrogen and oxygen atoms in total. The lowest BCUT2D eigenvalue weighted by Gasteiger charge is -2.28. The second-order valence-electron chi connectivity index (χ2n) is 7.53. The number of carbonyl (C=O) groups excluding carboxylic acids is 1. The maximum atomic E-state index is 12.8. The first-order valence-electron chi connectivity index (χ1n) is 10.1. The number of ether oxygens (including phenoxy) is 1. The molecule has 1 saturated heterocycles. The van der Waals surface area contributed by atoms with Crippen molar-refractivity contribution in [3.05, 3.63) is 23.2 Å². The third-order valence-electron chi connectivity index (χ3n) is 5.27. The summed E-state index contributed by atoms with van der Waals surface area (Å²) in [5.74, 6) is 1.41. The molecule has 4 rings (SSSR count). The van der Waals surface area contributed by atoms with Gasteiger partial charge in [-0.25, -0.2) is 0 Å². The Morgan fingerprint density at radius 3 is 2.72 bits per heavy atom. The molecule has 29 heavy (non-hydrogen) atoms. The number of thioether (sulfide) groups is 1. The molecule has 2 heterocycles. The number of amides is 1. The van der Waals surface area contributed by atoms with Gasteiger partial charge in [-0.05, 0) is 57.2 Å². The highest BCUT2D eigenvalue weighted by atomic mass is 35.5. The highest BCUT2D eigenvalue weighted by Crippen LogP contribution is 2.42. The van der Waals surface area contributed by atoms with Crippen molar-refractivity contribution in [1.29, 1.82) is 0 Å². The summed E-state index contributed by atoms with van der Waals surface area (Å²) >= 11 is 7.51. The normalized spacial score (nSPS) is 17.8. The summed E-state index contributed by atoms with van der Waals surface area (Å²) in [6.45, 7) is 3.93. The Morgan fingerprint density at radius 2 is 2.03 bits per heavy atom. The van der Waals surface area contributed by atoms with Crippen LogP contribution < -0.4 is 15.0 Å². The van der Waals surface area contributed by atoms with Crippen LogP contribution in [0.3, 0.4) is 0 Å². The van der Waals surface area contributed by atoms with Gasteiger partial charge in [-0.15, -0.1) is 10.2 Å². The van der Waals surface area contributed by atoms with Gasteiger partial charge >= 0.3 is 0 Å². The van der Waals surface area contributed by atoms with E-state index >= 15 is 0 Å². The molecule has 1 amide bonds. The molecule has 1 atom stereocenters. The Labute approximate surface area is 180 Å². The summed E-state index contributed by atoms with van der Waals surface area (Å²) in [6.07, 6.45) is 5.96. The number of aromatic nitrogens is 3. The quantitative estimate of drug-likeness (QED) is 0.650. The zero-order valence-electron chi connectivity index (χ0n) is 16.7. The molecule has 156 valence electrons. The first-order valence-corrected chi connectivity index (χ1v) is 11.3. The molecule has 1 N–H and O–H groups in total. The molecule has 1 aromatic heterocycles. The largest absolute Gasteiger partial charge is 0.495 e. The molecule has 2 aliphatic rings. The number of nitrogens with zero attached hydrogens (tertiary/aromatic N) is 4. The summed E-state index contributed by atoms with van der Waals surface area (Å²) in [4.78, 5) is 15.1. The minimum Gasteiger partial charge on any atom is -0.495 e. The molecule has 0 bridgehead atoms. The molecule has 2 fully saturated rings. The van der Waals surface area contributed by atoms with E-state index in [0.29, 0.717) is 22.5 Å². The average molecular weight is 436 g/mol. The zero-order valence-corrected chi connectivity index (χ0v) is 18.3. The van der Waals surface area contributed by atoms with E-state index in [0.717, 1.165) is 37.0 Å². The van der Waals surface area contributed by atoms with Crippen LogP contribution in [0.15, 0.2) is 23.4 Å². The third-order valence-corrected chi connectivity index (χ3v) is 6.56. The smallest absolute Gasteiger partial charge is 0.237 e. The van der Waals surface area contributed by atoms with Crippen molar-refractivity contribution >= 4 is 40.9 Å². The van der Waals surface area contributed by atoms with E-state index in [1.54, 1.807) is 25.3 Å². The average Bonchev–Trinajstić information content (AvgIpc) is 3.48. The highest BCUT2D eigenvalue weighted by Gasteiger charge is 2.33. The van der Waals surface area contributed by atoms with E-state index in [1.807, 2.05) is 6.92 Å². The second-order valence-corrected chi connectivity index (χ2v) is 9.27. The van der Waals surface area contributed by atoms with Crippen LogP contribution in [0.2, 0.25) is 5.02 Å². The molecule has 9 heteroatoms. The molecule has 0 spiro atoms. The predicted molar refractivity (Wildman–Crippen MR) is 116 cm³/mol. The van der Waals surface area contributed by atoms with Crippen molar-refractivity contribution in [2.45, 2.75) is 55.5 Å². The summed E-state index contributed by atoms with van der Waals surface area (Å²) in [7, 11) is 1.57. The van der Waals surface area contributed by atoms with Gasteiger partial charge in [-0.1, -0.05) is 23.4 Å². The molecule has 1 saturated carbocycles. The number of hydrogen-bond donors (Lipinski definition) is 1. The van der Waals surface area contributed by atoms with Gasteiger partial charge in [-0.2, -0.15) is 0 Å². The van der Waals surface area contributed by atoms with Crippen LogP contribution in [-0.2, 0) is 4.79 Å². The van der Waals surface area contributed by atoms with Crippen LogP contribution >= 0.6 is 23.4 Å². The fourth-order valence-corrected chi connectivity index (χ4v) is 4.62. The lowest BCUT2D eigenvalue weighted by Crippen LogP contribution is -2.32. The lowest BCUT2D eigenvalue weighted by molar-refractivity contribution is -0.115. The van der Waals surface area contributed by atoms with Crippen LogP contribution in [0.1, 0.15) is 45.1 Å². The second kappa shape index (κ2) is 8.83. The van der Waals surface area contributed by atoms with Gasteiger partial charge in [0.15, 0.2) is 5.16 Å². The molecule has 1 unspecified atom stereocenters. The number of benzene rings is 1. The fraction of sp³-hybridized carbons (Fsp3) is 0.550. The van der Waals surface area contributed by atoms with Crippen LogP contribution in [0, 0.1) is 0 Å².